The second-order valence-electron chi connectivity index (χ2n) is 6.61. The van der Waals surface area contributed by atoms with Gasteiger partial charge in [-0.2, -0.15) is 5.10 Å². The molecule has 1 aromatic rings. The molecule has 1 N–H and O–H groups in total. The Morgan fingerprint density at radius 3 is 2.65 bits per heavy atom. The molecule has 0 bridgehead atoms. The quantitative estimate of drug-likeness (QED) is 0.876. The molecule has 0 spiro atoms. The molecule has 130 valence electrons. The highest BCUT2D eigenvalue weighted by Crippen LogP contribution is 2.18. The van der Waals surface area contributed by atoms with Crippen LogP contribution in [0, 0.1) is 5.92 Å². The maximum Gasteiger partial charge on any atom is 0.258 e. The average Bonchev–Trinajstić information content (AvgIpc) is 2.96. The summed E-state index contributed by atoms with van der Waals surface area (Å²) in [5, 5.41) is 4.24. The average molecular weight is 342 g/mol. The van der Waals surface area contributed by atoms with E-state index in [-0.39, 0.29) is 28.9 Å². The molecule has 1 saturated heterocycles. The molecule has 2 rings (SSSR count). The van der Waals surface area contributed by atoms with Gasteiger partial charge < -0.3 is 4.90 Å². The first-order valence-corrected chi connectivity index (χ1v) is 9.55. The number of hydrogen-bond donors (Lipinski definition) is 1. The van der Waals surface area contributed by atoms with Gasteiger partial charge in [0.2, 0.25) is 5.91 Å². The van der Waals surface area contributed by atoms with Crippen molar-refractivity contribution in [2.24, 2.45) is 5.92 Å². The van der Waals surface area contributed by atoms with Crippen LogP contribution in [-0.2, 0) is 14.8 Å². The number of nitrogens with one attached hydrogen (secondary N) is 1. The standard InChI is InChI=1S/C15H26N4O3S/c1-11(2)15(20)18-9-5-6-13(10-18)17-23(21,22)14-7-8-16-19(14)12(3)4/h7-8,11-13,17H,5-6,9-10H2,1-4H3/t13-/m0/s1. The highest BCUT2D eigenvalue weighted by atomic mass is 32.2. The molecule has 8 heteroatoms. The fourth-order valence-corrected chi connectivity index (χ4v) is 4.32. The molecule has 0 saturated carbocycles. The summed E-state index contributed by atoms with van der Waals surface area (Å²) in [6.07, 6.45) is 3.02. The van der Waals surface area contributed by atoms with Gasteiger partial charge in [0.1, 0.15) is 0 Å². The number of aromatic nitrogens is 2. The Morgan fingerprint density at radius 2 is 2.04 bits per heavy atom. The molecule has 0 aromatic carbocycles. The summed E-state index contributed by atoms with van der Waals surface area (Å²) in [5.41, 5.74) is 0. The lowest BCUT2D eigenvalue weighted by atomic mass is 10.0. The number of amides is 1. The fourth-order valence-electron chi connectivity index (χ4n) is 2.82. The minimum Gasteiger partial charge on any atom is -0.341 e. The molecule has 1 aliphatic heterocycles. The van der Waals surface area contributed by atoms with Crippen LogP contribution in [-0.4, -0.2) is 48.1 Å². The van der Waals surface area contributed by atoms with E-state index < -0.39 is 10.0 Å². The van der Waals surface area contributed by atoms with Crippen LogP contribution in [0.15, 0.2) is 17.3 Å². The number of rotatable bonds is 5. The van der Waals surface area contributed by atoms with Crippen LogP contribution in [0.25, 0.3) is 0 Å². The van der Waals surface area contributed by atoms with Crippen molar-refractivity contribution < 1.29 is 13.2 Å². The monoisotopic (exact) mass is 342 g/mol. The summed E-state index contributed by atoms with van der Waals surface area (Å²) in [5.74, 6) is -0.00569. The van der Waals surface area contributed by atoms with E-state index in [9.17, 15) is 13.2 Å². The van der Waals surface area contributed by atoms with E-state index in [0.29, 0.717) is 13.1 Å². The smallest absolute Gasteiger partial charge is 0.258 e. The summed E-state index contributed by atoms with van der Waals surface area (Å²) in [6, 6.07) is 1.20. The third kappa shape index (κ3) is 4.11. The predicted molar refractivity (Wildman–Crippen MR) is 87.4 cm³/mol. The molecule has 0 aliphatic carbocycles. The van der Waals surface area contributed by atoms with Gasteiger partial charge in [-0.05, 0) is 32.8 Å². The molecule has 1 aliphatic rings. The van der Waals surface area contributed by atoms with Crippen LogP contribution in [0.2, 0.25) is 0 Å². The Labute approximate surface area is 138 Å². The van der Waals surface area contributed by atoms with Gasteiger partial charge in [-0.3, -0.25) is 9.48 Å². The van der Waals surface area contributed by atoms with Crippen LogP contribution < -0.4 is 4.72 Å². The van der Waals surface area contributed by atoms with Crippen molar-refractivity contribution in [3.05, 3.63) is 12.3 Å². The van der Waals surface area contributed by atoms with E-state index in [1.807, 2.05) is 27.7 Å². The number of likely N-dealkylation sites (tertiary alicyclic amines) is 1. The number of nitrogens with zero attached hydrogens (tertiary/aromatic N) is 3. The first-order chi connectivity index (χ1) is 10.7. The van der Waals surface area contributed by atoms with E-state index in [2.05, 4.69) is 9.82 Å². The number of sulfonamides is 1. The summed E-state index contributed by atoms with van der Waals surface area (Å²) < 4.78 is 29.5. The van der Waals surface area contributed by atoms with Crippen molar-refractivity contribution in [3.63, 3.8) is 0 Å². The number of piperidine rings is 1. The lowest BCUT2D eigenvalue weighted by Crippen LogP contribution is -2.50. The van der Waals surface area contributed by atoms with Gasteiger partial charge in [-0.15, -0.1) is 0 Å². The molecule has 2 heterocycles. The molecule has 7 nitrogen and oxygen atoms in total. The summed E-state index contributed by atoms with van der Waals surface area (Å²) in [4.78, 5) is 13.9. The molecular weight excluding hydrogens is 316 g/mol. The van der Waals surface area contributed by atoms with Crippen LogP contribution in [0.1, 0.15) is 46.6 Å². The molecular formula is C15H26N4O3S. The highest BCUT2D eigenvalue weighted by molar-refractivity contribution is 7.89. The number of hydrogen-bond acceptors (Lipinski definition) is 4. The van der Waals surface area contributed by atoms with Crippen molar-refractivity contribution in [1.82, 2.24) is 19.4 Å². The Kier molecular flexibility index (Phi) is 5.46. The predicted octanol–water partition coefficient (Wildman–Crippen LogP) is 1.39. The van der Waals surface area contributed by atoms with Gasteiger partial charge in [-0.1, -0.05) is 13.8 Å². The van der Waals surface area contributed by atoms with Gasteiger partial charge in [0.25, 0.3) is 10.0 Å². The van der Waals surface area contributed by atoms with Crippen molar-refractivity contribution in [2.45, 2.75) is 57.6 Å². The molecule has 1 fully saturated rings. The zero-order valence-electron chi connectivity index (χ0n) is 14.2. The first-order valence-electron chi connectivity index (χ1n) is 8.07. The Hall–Kier alpha value is -1.41. The fraction of sp³-hybridized carbons (Fsp3) is 0.733. The van der Waals surface area contributed by atoms with Gasteiger partial charge in [0.05, 0.1) is 6.20 Å². The Bertz CT molecular complexity index is 651. The topological polar surface area (TPSA) is 84.3 Å². The first kappa shape index (κ1) is 17.9. The van der Waals surface area contributed by atoms with Gasteiger partial charge in [-0.25, -0.2) is 13.1 Å². The zero-order valence-corrected chi connectivity index (χ0v) is 15.0. The maximum atomic E-state index is 12.6. The van der Waals surface area contributed by atoms with Gasteiger partial charge >= 0.3 is 0 Å². The molecule has 23 heavy (non-hydrogen) atoms. The second kappa shape index (κ2) is 7.00. The summed E-state index contributed by atoms with van der Waals surface area (Å²) >= 11 is 0. The second-order valence-corrected chi connectivity index (χ2v) is 8.27. The third-order valence-corrected chi connectivity index (χ3v) is 5.46. The van der Waals surface area contributed by atoms with Gasteiger partial charge in [0, 0.05) is 31.1 Å². The minimum atomic E-state index is -3.65. The lowest BCUT2D eigenvalue weighted by molar-refractivity contribution is -0.135. The number of carbonyl (C=O) groups excluding carboxylic acids is 1. The molecule has 1 amide bonds. The van der Waals surface area contributed by atoms with E-state index in [0.717, 1.165) is 12.8 Å². The molecule has 0 unspecified atom stereocenters. The SMILES string of the molecule is CC(C)C(=O)N1CCC[C@H](NS(=O)(=O)c2ccnn2C(C)C)C1. The molecule has 1 aromatic heterocycles. The Balaban J connectivity index is 2.11. The van der Waals surface area contributed by atoms with E-state index in [4.69, 9.17) is 0 Å². The van der Waals surface area contributed by atoms with Crippen molar-refractivity contribution >= 4 is 15.9 Å². The van der Waals surface area contributed by atoms with E-state index >= 15 is 0 Å². The zero-order chi connectivity index (χ0) is 17.2. The summed E-state index contributed by atoms with van der Waals surface area (Å²) in [7, 11) is -3.65. The van der Waals surface area contributed by atoms with Crippen LogP contribution in [0.4, 0.5) is 0 Å². The van der Waals surface area contributed by atoms with Crippen LogP contribution in [0.5, 0.6) is 0 Å². The minimum absolute atomic E-state index is 0.0399. The highest BCUT2D eigenvalue weighted by Gasteiger charge is 2.30. The van der Waals surface area contributed by atoms with Crippen molar-refractivity contribution in [2.75, 3.05) is 13.1 Å². The molecule has 0 radical (unpaired) electrons. The van der Waals surface area contributed by atoms with E-state index in [1.165, 1.54) is 16.9 Å². The van der Waals surface area contributed by atoms with Crippen LogP contribution >= 0.6 is 0 Å². The largest absolute Gasteiger partial charge is 0.341 e. The lowest BCUT2D eigenvalue weighted by Gasteiger charge is -2.34. The third-order valence-electron chi connectivity index (χ3n) is 3.95. The van der Waals surface area contributed by atoms with E-state index in [1.54, 1.807) is 4.90 Å². The maximum absolute atomic E-state index is 12.6. The van der Waals surface area contributed by atoms with Gasteiger partial charge in [0.15, 0.2) is 5.03 Å². The van der Waals surface area contributed by atoms with Crippen LogP contribution in [0.3, 0.4) is 0 Å². The summed E-state index contributed by atoms with van der Waals surface area (Å²) in [6.45, 7) is 8.60. The molecule has 1 atom stereocenters. The van der Waals surface area contributed by atoms with Crippen molar-refractivity contribution in [3.8, 4) is 0 Å². The normalized spacial score (nSPS) is 19.6. The number of carbonyl (C=O) groups is 1. The van der Waals surface area contributed by atoms with Crippen molar-refractivity contribution in [1.29, 1.82) is 0 Å². The Morgan fingerprint density at radius 1 is 1.35 bits per heavy atom.